The Hall–Kier alpha value is -2.14. The molecule has 1 amide bonds. The molecule has 1 aromatic carbocycles. The van der Waals surface area contributed by atoms with Gasteiger partial charge in [-0.2, -0.15) is 0 Å². The van der Waals surface area contributed by atoms with Crippen LogP contribution in [-0.4, -0.2) is 18.3 Å². The first-order valence-corrected chi connectivity index (χ1v) is 9.07. The first-order chi connectivity index (χ1) is 11.6. The van der Waals surface area contributed by atoms with Gasteiger partial charge in [-0.15, -0.1) is 11.3 Å². The molecule has 24 heavy (non-hydrogen) atoms. The molecule has 0 bridgehead atoms. The van der Waals surface area contributed by atoms with Gasteiger partial charge in [0.05, 0.1) is 12.6 Å². The van der Waals surface area contributed by atoms with E-state index in [9.17, 15) is 9.59 Å². The Morgan fingerprint density at radius 1 is 1.17 bits per heavy atom. The molecule has 1 aromatic heterocycles. The SMILES string of the molecule is CCCOc1ccc(C(=O)CCC(=O)N[C@@H](C)c2cccs2)cc1. The molecule has 0 fully saturated rings. The first kappa shape index (κ1) is 18.2. The van der Waals surface area contributed by atoms with Crippen molar-refractivity contribution in [2.45, 2.75) is 39.2 Å². The van der Waals surface area contributed by atoms with E-state index in [0.29, 0.717) is 12.2 Å². The van der Waals surface area contributed by atoms with Gasteiger partial charge in [-0.3, -0.25) is 9.59 Å². The number of ether oxygens (including phenoxy) is 1. The molecule has 0 saturated carbocycles. The summed E-state index contributed by atoms with van der Waals surface area (Å²) in [6.07, 6.45) is 1.35. The van der Waals surface area contributed by atoms with Crippen LogP contribution in [0.4, 0.5) is 0 Å². The zero-order chi connectivity index (χ0) is 17.4. The van der Waals surface area contributed by atoms with Gasteiger partial charge in [0, 0.05) is 23.3 Å². The number of benzene rings is 1. The van der Waals surface area contributed by atoms with Gasteiger partial charge in [-0.05, 0) is 49.1 Å². The third kappa shape index (κ3) is 5.49. The van der Waals surface area contributed by atoms with Crippen molar-refractivity contribution >= 4 is 23.0 Å². The summed E-state index contributed by atoms with van der Waals surface area (Å²) in [7, 11) is 0. The lowest BCUT2D eigenvalue weighted by Crippen LogP contribution is -2.26. The summed E-state index contributed by atoms with van der Waals surface area (Å²) >= 11 is 1.61. The second-order valence-electron chi connectivity index (χ2n) is 5.60. The Kier molecular flexibility index (Phi) is 7.00. The molecule has 0 saturated heterocycles. The van der Waals surface area contributed by atoms with Crippen LogP contribution in [0.15, 0.2) is 41.8 Å². The number of rotatable bonds is 9. The molecular weight excluding hydrogens is 322 g/mol. The fourth-order valence-corrected chi connectivity index (χ4v) is 2.99. The molecule has 1 heterocycles. The van der Waals surface area contributed by atoms with Crippen LogP contribution in [0.2, 0.25) is 0 Å². The quantitative estimate of drug-likeness (QED) is 0.686. The molecule has 0 spiro atoms. The number of thiophene rings is 1. The van der Waals surface area contributed by atoms with Gasteiger partial charge in [-0.1, -0.05) is 13.0 Å². The number of amides is 1. The highest BCUT2D eigenvalue weighted by Gasteiger charge is 2.13. The number of hydrogen-bond donors (Lipinski definition) is 1. The van der Waals surface area contributed by atoms with E-state index in [1.165, 1.54) is 0 Å². The molecule has 0 aliphatic rings. The third-order valence-electron chi connectivity index (χ3n) is 3.58. The fourth-order valence-electron chi connectivity index (χ4n) is 2.25. The Morgan fingerprint density at radius 3 is 2.54 bits per heavy atom. The molecule has 1 atom stereocenters. The normalized spacial score (nSPS) is 11.8. The van der Waals surface area contributed by atoms with E-state index in [-0.39, 0.29) is 30.6 Å². The van der Waals surface area contributed by atoms with Crippen molar-refractivity contribution < 1.29 is 14.3 Å². The van der Waals surface area contributed by atoms with Crippen LogP contribution in [-0.2, 0) is 4.79 Å². The molecule has 2 rings (SSSR count). The highest BCUT2D eigenvalue weighted by Crippen LogP contribution is 2.18. The summed E-state index contributed by atoms with van der Waals surface area (Å²) in [5.41, 5.74) is 0.609. The first-order valence-electron chi connectivity index (χ1n) is 8.19. The van der Waals surface area contributed by atoms with E-state index >= 15 is 0 Å². The highest BCUT2D eigenvalue weighted by molar-refractivity contribution is 7.10. The van der Waals surface area contributed by atoms with Crippen LogP contribution in [0.5, 0.6) is 5.75 Å². The van der Waals surface area contributed by atoms with Crippen molar-refractivity contribution in [3.63, 3.8) is 0 Å². The minimum absolute atomic E-state index is 0.0254. The molecule has 0 aliphatic heterocycles. The zero-order valence-corrected chi connectivity index (χ0v) is 14.9. The molecule has 0 radical (unpaired) electrons. The number of ketones is 1. The summed E-state index contributed by atoms with van der Waals surface area (Å²) in [6.45, 7) is 4.65. The molecule has 128 valence electrons. The lowest BCUT2D eigenvalue weighted by Gasteiger charge is -2.12. The average molecular weight is 345 g/mol. The van der Waals surface area contributed by atoms with E-state index in [2.05, 4.69) is 5.32 Å². The summed E-state index contributed by atoms with van der Waals surface area (Å²) in [6, 6.07) is 11.0. The Labute approximate surface area is 146 Å². The lowest BCUT2D eigenvalue weighted by molar-refractivity contribution is -0.121. The molecule has 0 unspecified atom stereocenters. The second kappa shape index (κ2) is 9.23. The minimum atomic E-state index is -0.104. The van der Waals surface area contributed by atoms with Crippen molar-refractivity contribution in [2.75, 3.05) is 6.61 Å². The fraction of sp³-hybridized carbons (Fsp3) is 0.368. The summed E-state index contributed by atoms with van der Waals surface area (Å²) in [4.78, 5) is 25.3. The van der Waals surface area contributed by atoms with Gasteiger partial charge < -0.3 is 10.1 Å². The highest BCUT2D eigenvalue weighted by atomic mass is 32.1. The number of nitrogens with one attached hydrogen (secondary N) is 1. The van der Waals surface area contributed by atoms with Crippen LogP contribution in [0, 0.1) is 0 Å². The lowest BCUT2D eigenvalue weighted by atomic mass is 10.1. The van der Waals surface area contributed by atoms with Crippen molar-refractivity contribution in [2.24, 2.45) is 0 Å². The van der Waals surface area contributed by atoms with E-state index in [4.69, 9.17) is 4.74 Å². The molecule has 0 aliphatic carbocycles. The van der Waals surface area contributed by atoms with Crippen LogP contribution in [0.1, 0.15) is 54.4 Å². The maximum atomic E-state index is 12.2. The van der Waals surface area contributed by atoms with Crippen LogP contribution in [0.25, 0.3) is 0 Å². The molecular formula is C19H23NO3S. The van der Waals surface area contributed by atoms with Gasteiger partial charge in [0.15, 0.2) is 5.78 Å². The summed E-state index contributed by atoms with van der Waals surface area (Å²) in [5.74, 6) is 0.624. The van der Waals surface area contributed by atoms with Gasteiger partial charge >= 0.3 is 0 Å². The molecule has 2 aromatic rings. The topological polar surface area (TPSA) is 55.4 Å². The van der Waals surface area contributed by atoms with E-state index in [1.807, 2.05) is 31.4 Å². The second-order valence-corrected chi connectivity index (χ2v) is 6.58. The number of hydrogen-bond acceptors (Lipinski definition) is 4. The van der Waals surface area contributed by atoms with Gasteiger partial charge in [0.2, 0.25) is 5.91 Å². The predicted octanol–water partition coefficient (Wildman–Crippen LogP) is 4.38. The maximum Gasteiger partial charge on any atom is 0.220 e. The number of carbonyl (C=O) groups excluding carboxylic acids is 2. The van der Waals surface area contributed by atoms with Gasteiger partial charge in [0.1, 0.15) is 5.75 Å². The molecule has 4 nitrogen and oxygen atoms in total. The summed E-state index contributed by atoms with van der Waals surface area (Å²) in [5, 5.41) is 4.90. The number of Topliss-reactive ketones (excluding diaryl/α,β-unsaturated/α-hetero) is 1. The minimum Gasteiger partial charge on any atom is -0.494 e. The van der Waals surface area contributed by atoms with Gasteiger partial charge in [0.25, 0.3) is 0 Å². The van der Waals surface area contributed by atoms with Crippen molar-refractivity contribution in [3.05, 3.63) is 52.2 Å². The maximum absolute atomic E-state index is 12.2. The smallest absolute Gasteiger partial charge is 0.220 e. The monoisotopic (exact) mass is 345 g/mol. The number of carbonyl (C=O) groups is 2. The zero-order valence-electron chi connectivity index (χ0n) is 14.1. The van der Waals surface area contributed by atoms with Crippen LogP contribution >= 0.6 is 11.3 Å². The van der Waals surface area contributed by atoms with Crippen LogP contribution < -0.4 is 10.1 Å². The molecule has 1 N–H and O–H groups in total. The Morgan fingerprint density at radius 2 is 1.92 bits per heavy atom. The average Bonchev–Trinajstić information content (AvgIpc) is 3.13. The van der Waals surface area contributed by atoms with Crippen LogP contribution in [0.3, 0.4) is 0 Å². The van der Waals surface area contributed by atoms with Crippen molar-refractivity contribution in [3.8, 4) is 5.75 Å². The van der Waals surface area contributed by atoms with E-state index in [1.54, 1.807) is 35.6 Å². The predicted molar refractivity (Wildman–Crippen MR) is 96.7 cm³/mol. The van der Waals surface area contributed by atoms with Crippen molar-refractivity contribution in [1.82, 2.24) is 5.32 Å². The van der Waals surface area contributed by atoms with E-state index < -0.39 is 0 Å². The Balaban J connectivity index is 1.78. The largest absolute Gasteiger partial charge is 0.494 e. The standard InChI is InChI=1S/C19H23NO3S/c1-3-12-23-16-8-6-15(7-9-16)17(21)10-11-19(22)20-14(2)18-5-4-13-24-18/h4-9,13-14H,3,10-12H2,1-2H3,(H,20,22)/t14-/m0/s1. The van der Waals surface area contributed by atoms with Gasteiger partial charge in [-0.25, -0.2) is 0 Å². The van der Waals surface area contributed by atoms with E-state index in [0.717, 1.165) is 17.0 Å². The summed E-state index contributed by atoms with van der Waals surface area (Å²) < 4.78 is 5.49. The van der Waals surface area contributed by atoms with Crippen molar-refractivity contribution in [1.29, 1.82) is 0 Å². The molecule has 5 heteroatoms. The third-order valence-corrected chi connectivity index (χ3v) is 4.63. The Bertz CT molecular complexity index is 650.